The first-order valence-electron chi connectivity index (χ1n) is 9.99. The van der Waals surface area contributed by atoms with Gasteiger partial charge in [-0.2, -0.15) is 0 Å². The summed E-state index contributed by atoms with van der Waals surface area (Å²) < 4.78 is 0. The van der Waals surface area contributed by atoms with Gasteiger partial charge in [-0.15, -0.1) is 0 Å². The number of fused-ring (bicyclic) bond motifs is 2. The van der Waals surface area contributed by atoms with Crippen molar-refractivity contribution in [1.29, 1.82) is 0 Å². The number of H-pyrrole nitrogens is 1. The number of allylic oxidation sites excluding steroid dienone is 1. The molecule has 0 aromatic carbocycles. The lowest BCUT2D eigenvalue weighted by Gasteiger charge is -2.50. The molecule has 1 amide bonds. The van der Waals surface area contributed by atoms with Crippen molar-refractivity contribution in [2.45, 2.75) is 45.6 Å². The molecule has 0 bridgehead atoms. The minimum Gasteiger partial charge on any atom is -0.348 e. The monoisotopic (exact) mass is 380 g/mol. The summed E-state index contributed by atoms with van der Waals surface area (Å²) in [6.07, 6.45) is 10.1. The zero-order chi connectivity index (χ0) is 19.7. The molecule has 0 aliphatic carbocycles. The Bertz CT molecular complexity index is 873. The fourth-order valence-corrected chi connectivity index (χ4v) is 4.40. The van der Waals surface area contributed by atoms with Crippen molar-refractivity contribution >= 4 is 5.91 Å². The molecule has 0 radical (unpaired) electrons. The van der Waals surface area contributed by atoms with Gasteiger partial charge in [-0.3, -0.25) is 9.69 Å². The van der Waals surface area contributed by atoms with Crippen LogP contribution in [0.3, 0.4) is 0 Å². The van der Waals surface area contributed by atoms with Crippen molar-refractivity contribution in [2.75, 3.05) is 26.2 Å². The van der Waals surface area contributed by atoms with Gasteiger partial charge >= 0.3 is 0 Å². The van der Waals surface area contributed by atoms with Gasteiger partial charge in [-0.05, 0) is 33.6 Å². The van der Waals surface area contributed by atoms with Crippen LogP contribution in [0.15, 0.2) is 30.4 Å². The average molecular weight is 380 g/mol. The van der Waals surface area contributed by atoms with Crippen molar-refractivity contribution in [3.8, 4) is 0 Å². The molecule has 0 saturated carbocycles. The fourth-order valence-electron chi connectivity index (χ4n) is 4.40. The fraction of sp³-hybridized carbons (Fsp3) is 0.524. The lowest BCUT2D eigenvalue weighted by Crippen LogP contribution is -2.57. The van der Waals surface area contributed by atoms with Crippen molar-refractivity contribution in [3.05, 3.63) is 53.1 Å². The number of aryl methyl sites for hydroxylation is 1. The normalized spacial score (nSPS) is 18.8. The van der Waals surface area contributed by atoms with E-state index in [2.05, 4.69) is 39.8 Å². The smallest absolute Gasteiger partial charge is 0.256 e. The van der Waals surface area contributed by atoms with Gasteiger partial charge in [-0.25, -0.2) is 15.0 Å². The molecule has 1 fully saturated rings. The van der Waals surface area contributed by atoms with E-state index in [4.69, 9.17) is 4.98 Å². The molecule has 1 N–H and O–H groups in total. The Morgan fingerprint density at radius 1 is 1.18 bits per heavy atom. The molecule has 0 atom stereocenters. The summed E-state index contributed by atoms with van der Waals surface area (Å²) in [5.41, 5.74) is 4.22. The van der Waals surface area contributed by atoms with Crippen LogP contribution < -0.4 is 0 Å². The number of nitrogens with one attached hydrogen (secondary N) is 1. The van der Waals surface area contributed by atoms with E-state index in [-0.39, 0.29) is 11.4 Å². The Hall–Kier alpha value is -2.54. The van der Waals surface area contributed by atoms with Crippen LogP contribution in [0.2, 0.25) is 0 Å². The van der Waals surface area contributed by atoms with Gasteiger partial charge in [0.1, 0.15) is 5.82 Å². The highest BCUT2D eigenvalue weighted by Gasteiger charge is 2.46. The summed E-state index contributed by atoms with van der Waals surface area (Å²) in [4.78, 5) is 33.7. The minimum atomic E-state index is -0.0971. The number of aromatic amines is 1. The molecule has 2 aliphatic rings. The summed E-state index contributed by atoms with van der Waals surface area (Å²) in [5, 5.41) is 0. The zero-order valence-corrected chi connectivity index (χ0v) is 16.9. The molecule has 148 valence electrons. The van der Waals surface area contributed by atoms with Crippen molar-refractivity contribution in [2.24, 2.45) is 0 Å². The highest BCUT2D eigenvalue weighted by molar-refractivity contribution is 5.93. The number of likely N-dealkylation sites (tertiary alicyclic amines) is 1. The number of hydrogen-bond acceptors (Lipinski definition) is 5. The zero-order valence-electron chi connectivity index (χ0n) is 16.9. The highest BCUT2D eigenvalue weighted by Crippen LogP contribution is 2.42. The molecule has 4 rings (SSSR count). The van der Waals surface area contributed by atoms with E-state index >= 15 is 0 Å². The second-order valence-corrected chi connectivity index (χ2v) is 8.05. The number of amides is 1. The number of rotatable bonds is 3. The van der Waals surface area contributed by atoms with Crippen LogP contribution in [-0.4, -0.2) is 61.8 Å². The maximum atomic E-state index is 12.9. The predicted octanol–water partition coefficient (Wildman–Crippen LogP) is 2.46. The minimum absolute atomic E-state index is 0.0174. The summed E-state index contributed by atoms with van der Waals surface area (Å²) in [6, 6.07) is 0. The first kappa shape index (κ1) is 18.8. The summed E-state index contributed by atoms with van der Waals surface area (Å²) in [5.74, 6) is 0.695. The molecular formula is C21H28N6O. The maximum Gasteiger partial charge on any atom is 0.256 e. The molecular weight excluding hydrogens is 352 g/mol. The number of carbonyl (C=O) groups is 1. The Labute approximate surface area is 165 Å². The van der Waals surface area contributed by atoms with Crippen LogP contribution >= 0.6 is 0 Å². The summed E-state index contributed by atoms with van der Waals surface area (Å²) in [6.45, 7) is 9.47. The number of nitrogens with zero attached hydrogens (tertiary/aromatic N) is 5. The topological polar surface area (TPSA) is 78.0 Å². The number of imidazole rings is 1. The third-order valence-electron chi connectivity index (χ3n) is 6.02. The first-order valence-corrected chi connectivity index (χ1v) is 9.99. The van der Waals surface area contributed by atoms with Gasteiger partial charge in [0.2, 0.25) is 0 Å². The molecule has 2 aliphatic heterocycles. The molecule has 2 aromatic rings. The van der Waals surface area contributed by atoms with Crippen LogP contribution in [0.25, 0.3) is 0 Å². The molecule has 4 heterocycles. The quantitative estimate of drug-likeness (QED) is 0.828. The van der Waals surface area contributed by atoms with Gasteiger partial charge in [0.25, 0.3) is 5.91 Å². The van der Waals surface area contributed by atoms with E-state index < -0.39 is 0 Å². The number of aromatic nitrogens is 4. The van der Waals surface area contributed by atoms with E-state index in [9.17, 15) is 4.79 Å². The number of piperidine rings is 1. The second-order valence-electron chi connectivity index (χ2n) is 8.05. The molecule has 2 aromatic heterocycles. The summed E-state index contributed by atoms with van der Waals surface area (Å²) in [7, 11) is 0. The van der Waals surface area contributed by atoms with Crippen LogP contribution in [0.1, 0.15) is 54.3 Å². The molecule has 7 nitrogen and oxygen atoms in total. The Morgan fingerprint density at radius 2 is 1.89 bits per heavy atom. The van der Waals surface area contributed by atoms with Crippen LogP contribution in [0.4, 0.5) is 0 Å². The molecule has 1 spiro atoms. The van der Waals surface area contributed by atoms with Crippen LogP contribution in [-0.2, 0) is 12.0 Å². The van der Waals surface area contributed by atoms with E-state index in [0.29, 0.717) is 24.5 Å². The standard InChI is InChI=1S/C21H28N6O/c1-15(2)4-8-27-9-5-18-19(25-14-24-18)21(27)6-10-26(11-7-21)20(28)17-12-22-16(3)23-13-17/h4,12-14H,5-11H2,1-3H3,(H,24,25). The predicted molar refractivity (Wildman–Crippen MR) is 107 cm³/mol. The van der Waals surface area contributed by atoms with Crippen molar-refractivity contribution < 1.29 is 4.79 Å². The first-order chi connectivity index (χ1) is 13.5. The third kappa shape index (κ3) is 3.35. The lowest BCUT2D eigenvalue weighted by molar-refractivity contribution is 0.0139. The van der Waals surface area contributed by atoms with Gasteiger partial charge in [0.05, 0.1) is 23.1 Å². The van der Waals surface area contributed by atoms with Crippen LogP contribution in [0, 0.1) is 6.92 Å². The van der Waals surface area contributed by atoms with Crippen molar-refractivity contribution in [3.63, 3.8) is 0 Å². The average Bonchev–Trinajstić information content (AvgIpc) is 3.18. The summed E-state index contributed by atoms with van der Waals surface area (Å²) >= 11 is 0. The van der Waals surface area contributed by atoms with Gasteiger partial charge in [0.15, 0.2) is 0 Å². The molecule has 1 saturated heterocycles. The van der Waals surface area contributed by atoms with E-state index in [1.165, 1.54) is 17.0 Å². The number of carbonyl (C=O) groups excluding carboxylic acids is 1. The van der Waals surface area contributed by atoms with Gasteiger partial charge < -0.3 is 9.88 Å². The maximum absolute atomic E-state index is 12.9. The van der Waals surface area contributed by atoms with E-state index in [1.807, 2.05) is 18.2 Å². The highest BCUT2D eigenvalue weighted by atomic mass is 16.2. The molecule has 28 heavy (non-hydrogen) atoms. The Balaban J connectivity index is 1.55. The Morgan fingerprint density at radius 3 is 2.57 bits per heavy atom. The lowest BCUT2D eigenvalue weighted by atomic mass is 9.78. The third-order valence-corrected chi connectivity index (χ3v) is 6.02. The SMILES string of the molecule is CC(C)=CCN1CCc2[nH]cnc2C12CCN(C(=O)c1cnc(C)nc1)CC2. The second kappa shape index (κ2) is 7.47. The van der Waals surface area contributed by atoms with Gasteiger partial charge in [0, 0.05) is 50.7 Å². The molecule has 7 heteroatoms. The largest absolute Gasteiger partial charge is 0.348 e. The Kier molecular flexibility index (Phi) is 5.02. The van der Waals surface area contributed by atoms with Crippen LogP contribution in [0.5, 0.6) is 0 Å². The number of hydrogen-bond donors (Lipinski definition) is 1. The van der Waals surface area contributed by atoms with Gasteiger partial charge in [-0.1, -0.05) is 11.6 Å². The van der Waals surface area contributed by atoms with Crippen molar-refractivity contribution in [1.82, 2.24) is 29.7 Å². The van der Waals surface area contributed by atoms with E-state index in [1.54, 1.807) is 12.4 Å². The molecule has 0 unspecified atom stereocenters. The van der Waals surface area contributed by atoms with E-state index in [0.717, 1.165) is 32.4 Å².